The Hall–Kier alpha value is -0.520. The molecule has 0 N–H and O–H groups in total. The average molecular weight is 511 g/mol. The Morgan fingerprint density at radius 2 is 1.68 bits per heavy atom. The summed E-state index contributed by atoms with van der Waals surface area (Å²) in [7, 11) is 0. The first-order valence-electron chi connectivity index (χ1n) is 16.7. The molecule has 0 nitrogen and oxygen atoms in total. The van der Waals surface area contributed by atoms with Gasteiger partial charge in [-0.05, 0) is 110 Å². The van der Waals surface area contributed by atoms with Crippen molar-refractivity contribution in [3.8, 4) is 0 Å². The van der Waals surface area contributed by atoms with E-state index in [2.05, 4.69) is 61.5 Å². The highest BCUT2D eigenvalue weighted by Gasteiger charge is 2.43. The minimum Gasteiger partial charge on any atom is -0.0996 e. The summed E-state index contributed by atoms with van der Waals surface area (Å²) in [6.45, 7) is 24.3. The van der Waals surface area contributed by atoms with Crippen molar-refractivity contribution in [2.24, 2.45) is 45.8 Å². The molecule has 0 aliphatic heterocycles. The molecule has 3 aliphatic carbocycles. The number of hydrogen-bond acceptors (Lipinski definition) is 0. The maximum Gasteiger partial charge on any atom is -0.0175 e. The normalized spacial score (nSPS) is 32.1. The molecule has 0 aromatic carbocycles. The highest BCUT2D eigenvalue weighted by atomic mass is 14.5. The fourth-order valence-electron chi connectivity index (χ4n) is 8.46. The molecule has 0 amide bonds. The lowest BCUT2D eigenvalue weighted by atomic mass is 9.56. The Morgan fingerprint density at radius 3 is 2.30 bits per heavy atom. The SMILES string of the molecule is C=C(CC(C)(C)C)C1CCCC(CCCCCC)C1CCC1CC=C(C2CCC(C)(C)C(C)(C)C2)CC1. The van der Waals surface area contributed by atoms with Crippen LogP contribution in [0.4, 0.5) is 0 Å². The quantitative estimate of drug-likeness (QED) is 0.191. The second-order valence-corrected chi connectivity index (χ2v) is 16.4. The molecule has 0 aromatic heterocycles. The molecule has 0 radical (unpaired) electrons. The Balaban J connectivity index is 1.59. The number of unbranched alkanes of at least 4 members (excludes halogenated alkanes) is 3. The van der Waals surface area contributed by atoms with E-state index in [0.717, 1.165) is 29.6 Å². The van der Waals surface area contributed by atoms with Crippen LogP contribution in [0.2, 0.25) is 0 Å². The Morgan fingerprint density at radius 1 is 0.919 bits per heavy atom. The first-order valence-corrected chi connectivity index (χ1v) is 16.7. The monoisotopic (exact) mass is 511 g/mol. The molecular weight excluding hydrogens is 444 g/mol. The minimum absolute atomic E-state index is 0.364. The molecule has 2 fully saturated rings. The van der Waals surface area contributed by atoms with Crippen molar-refractivity contribution in [1.29, 1.82) is 0 Å². The summed E-state index contributed by atoms with van der Waals surface area (Å²) in [5.74, 6) is 4.43. The topological polar surface area (TPSA) is 0 Å². The van der Waals surface area contributed by atoms with Gasteiger partial charge in [-0.2, -0.15) is 0 Å². The summed E-state index contributed by atoms with van der Waals surface area (Å²) in [5, 5.41) is 0. The van der Waals surface area contributed by atoms with Crippen LogP contribution in [0, 0.1) is 45.8 Å². The van der Waals surface area contributed by atoms with Crippen molar-refractivity contribution >= 4 is 0 Å². The van der Waals surface area contributed by atoms with Gasteiger partial charge in [-0.25, -0.2) is 0 Å². The molecule has 0 spiro atoms. The molecule has 0 heteroatoms. The van der Waals surface area contributed by atoms with Crippen LogP contribution in [0.15, 0.2) is 23.8 Å². The van der Waals surface area contributed by atoms with Crippen LogP contribution >= 0.6 is 0 Å². The highest BCUT2D eigenvalue weighted by Crippen LogP contribution is 2.54. The van der Waals surface area contributed by atoms with Crippen LogP contribution in [0.1, 0.15) is 165 Å². The molecule has 0 bridgehead atoms. The predicted octanol–water partition coefficient (Wildman–Crippen LogP) is 12.3. The zero-order valence-electron chi connectivity index (χ0n) is 26.7. The van der Waals surface area contributed by atoms with Gasteiger partial charge >= 0.3 is 0 Å². The van der Waals surface area contributed by atoms with Crippen LogP contribution in [-0.2, 0) is 0 Å². The molecule has 0 aromatic rings. The predicted molar refractivity (Wildman–Crippen MR) is 166 cm³/mol. The lowest BCUT2D eigenvalue weighted by Crippen LogP contribution is -2.39. The van der Waals surface area contributed by atoms with E-state index < -0.39 is 0 Å². The molecule has 37 heavy (non-hydrogen) atoms. The summed E-state index contributed by atoms with van der Waals surface area (Å²) in [6, 6.07) is 0. The van der Waals surface area contributed by atoms with Gasteiger partial charge in [0.25, 0.3) is 0 Å². The summed E-state index contributed by atoms with van der Waals surface area (Å²) in [4.78, 5) is 0. The second-order valence-electron chi connectivity index (χ2n) is 16.4. The molecule has 0 saturated heterocycles. The van der Waals surface area contributed by atoms with E-state index in [0.29, 0.717) is 16.2 Å². The zero-order valence-corrected chi connectivity index (χ0v) is 26.7. The van der Waals surface area contributed by atoms with Crippen molar-refractivity contribution in [1.82, 2.24) is 0 Å². The molecule has 0 heterocycles. The van der Waals surface area contributed by atoms with Crippen molar-refractivity contribution in [2.45, 2.75) is 165 Å². The Kier molecular flexibility index (Phi) is 11.1. The summed E-state index contributed by atoms with van der Waals surface area (Å²) >= 11 is 0. The van der Waals surface area contributed by atoms with E-state index in [9.17, 15) is 0 Å². The van der Waals surface area contributed by atoms with Gasteiger partial charge in [0.15, 0.2) is 0 Å². The van der Waals surface area contributed by atoms with Gasteiger partial charge < -0.3 is 0 Å². The standard InChI is InChI=1S/C37H66/c1-10-11-12-13-15-31-16-14-17-33(28(2)26-35(3,4)5)34(31)23-20-29-18-21-30(22-19-29)32-24-25-36(6,7)37(8,9)27-32/h21,29,31-34H,2,10-20,22-27H2,1,3-9H3. The number of hydrogen-bond donors (Lipinski definition) is 0. The Labute approximate surface area is 233 Å². The van der Waals surface area contributed by atoms with Crippen molar-refractivity contribution in [3.05, 3.63) is 23.8 Å². The molecule has 5 atom stereocenters. The summed E-state index contributed by atoms with van der Waals surface area (Å²) in [5.41, 5.74) is 4.74. The fourth-order valence-corrected chi connectivity index (χ4v) is 8.46. The molecular formula is C37H66. The lowest BCUT2D eigenvalue weighted by molar-refractivity contribution is 0.0283. The summed E-state index contributed by atoms with van der Waals surface area (Å²) < 4.78 is 0. The van der Waals surface area contributed by atoms with E-state index in [1.165, 1.54) is 109 Å². The molecule has 3 aliphatic rings. The van der Waals surface area contributed by atoms with Crippen LogP contribution in [0.3, 0.4) is 0 Å². The maximum atomic E-state index is 4.73. The molecule has 2 saturated carbocycles. The largest absolute Gasteiger partial charge is 0.0996 e. The number of rotatable bonds is 11. The van der Waals surface area contributed by atoms with E-state index in [-0.39, 0.29) is 0 Å². The first-order chi connectivity index (χ1) is 17.3. The van der Waals surface area contributed by atoms with Gasteiger partial charge in [0.2, 0.25) is 0 Å². The highest BCUT2D eigenvalue weighted by molar-refractivity contribution is 5.14. The van der Waals surface area contributed by atoms with E-state index in [4.69, 9.17) is 6.58 Å². The zero-order chi connectivity index (χ0) is 27.3. The molecule has 5 unspecified atom stereocenters. The maximum absolute atomic E-state index is 4.73. The summed E-state index contributed by atoms with van der Waals surface area (Å²) in [6.07, 6.45) is 26.8. The van der Waals surface area contributed by atoms with Gasteiger partial charge in [-0.3, -0.25) is 0 Å². The van der Waals surface area contributed by atoms with Crippen molar-refractivity contribution < 1.29 is 0 Å². The van der Waals surface area contributed by atoms with Gasteiger partial charge in [0.1, 0.15) is 0 Å². The van der Waals surface area contributed by atoms with E-state index in [1.54, 1.807) is 5.57 Å². The molecule has 3 rings (SSSR count). The van der Waals surface area contributed by atoms with Gasteiger partial charge in [0.05, 0.1) is 0 Å². The Bertz CT molecular complexity index is 740. The third-order valence-corrected chi connectivity index (χ3v) is 11.6. The first kappa shape index (κ1) is 31.0. The fraction of sp³-hybridized carbons (Fsp3) is 0.892. The third-order valence-electron chi connectivity index (χ3n) is 11.6. The van der Waals surface area contributed by atoms with Gasteiger partial charge in [-0.15, -0.1) is 0 Å². The number of allylic oxidation sites excluding steroid dienone is 3. The van der Waals surface area contributed by atoms with Gasteiger partial charge in [0, 0.05) is 0 Å². The smallest absolute Gasteiger partial charge is 0.0175 e. The van der Waals surface area contributed by atoms with Crippen LogP contribution in [-0.4, -0.2) is 0 Å². The second kappa shape index (κ2) is 13.2. The van der Waals surface area contributed by atoms with E-state index in [1.807, 2.05) is 5.57 Å². The van der Waals surface area contributed by atoms with Crippen molar-refractivity contribution in [3.63, 3.8) is 0 Å². The lowest BCUT2D eigenvalue weighted by Gasteiger charge is -2.49. The third kappa shape index (κ3) is 8.73. The molecule has 214 valence electrons. The minimum atomic E-state index is 0.364. The van der Waals surface area contributed by atoms with Crippen LogP contribution in [0.5, 0.6) is 0 Å². The van der Waals surface area contributed by atoms with Gasteiger partial charge in [-0.1, -0.05) is 124 Å². The van der Waals surface area contributed by atoms with Crippen LogP contribution < -0.4 is 0 Å². The average Bonchev–Trinajstić information content (AvgIpc) is 2.82. The van der Waals surface area contributed by atoms with E-state index >= 15 is 0 Å². The van der Waals surface area contributed by atoms with Crippen molar-refractivity contribution in [2.75, 3.05) is 0 Å². The van der Waals surface area contributed by atoms with Crippen LogP contribution in [0.25, 0.3) is 0 Å².